The molecule has 0 spiro atoms. The summed E-state index contributed by atoms with van der Waals surface area (Å²) >= 11 is 6.00. The molecule has 1 heterocycles. The van der Waals surface area contributed by atoms with Gasteiger partial charge in [0.2, 0.25) is 0 Å². The molecule has 1 aromatic heterocycles. The molecule has 15 heavy (non-hydrogen) atoms. The average Bonchev–Trinajstić information content (AvgIpc) is 2.44. The van der Waals surface area contributed by atoms with Crippen LogP contribution in [-0.2, 0) is 13.0 Å². The molecule has 1 aromatic rings. The Hall–Kier alpha value is -0.500. The van der Waals surface area contributed by atoms with Crippen LogP contribution in [0.15, 0.2) is 6.07 Å². The molecule has 0 amide bonds. The third-order valence-electron chi connectivity index (χ3n) is 2.57. The van der Waals surface area contributed by atoms with Crippen molar-refractivity contribution in [2.24, 2.45) is 5.92 Å². The van der Waals surface area contributed by atoms with Gasteiger partial charge in [0, 0.05) is 17.6 Å². The minimum Gasteiger partial charge on any atom is -0.270 e. The predicted molar refractivity (Wildman–Crippen MR) is 65.4 cm³/mol. The molecule has 0 aromatic carbocycles. The molecule has 1 rings (SSSR count). The van der Waals surface area contributed by atoms with Crippen LogP contribution in [0.3, 0.4) is 0 Å². The Morgan fingerprint density at radius 3 is 2.67 bits per heavy atom. The summed E-state index contributed by atoms with van der Waals surface area (Å²) < 4.78 is 2.09. The molecule has 0 saturated heterocycles. The van der Waals surface area contributed by atoms with Gasteiger partial charge >= 0.3 is 0 Å². The highest BCUT2D eigenvalue weighted by Gasteiger charge is 2.11. The van der Waals surface area contributed by atoms with Gasteiger partial charge in [-0.05, 0) is 45.6 Å². The van der Waals surface area contributed by atoms with Gasteiger partial charge in [-0.15, -0.1) is 11.6 Å². The number of halogens is 1. The van der Waals surface area contributed by atoms with Crippen LogP contribution in [0.4, 0.5) is 0 Å². The van der Waals surface area contributed by atoms with E-state index in [0.29, 0.717) is 5.92 Å². The van der Waals surface area contributed by atoms with E-state index in [9.17, 15) is 0 Å². The number of alkyl halides is 1. The molecule has 0 fully saturated rings. The lowest BCUT2D eigenvalue weighted by Crippen LogP contribution is -2.10. The van der Waals surface area contributed by atoms with Crippen LogP contribution in [0.2, 0.25) is 0 Å². The zero-order valence-corrected chi connectivity index (χ0v) is 10.9. The number of rotatable bonds is 5. The van der Waals surface area contributed by atoms with Gasteiger partial charge in [0.1, 0.15) is 0 Å². The van der Waals surface area contributed by atoms with Crippen LogP contribution in [0.25, 0.3) is 0 Å². The van der Waals surface area contributed by atoms with E-state index in [4.69, 9.17) is 11.6 Å². The molecule has 86 valence electrons. The highest BCUT2D eigenvalue weighted by atomic mass is 35.5. The summed E-state index contributed by atoms with van der Waals surface area (Å²) in [7, 11) is 0. The van der Waals surface area contributed by atoms with Crippen molar-refractivity contribution < 1.29 is 0 Å². The van der Waals surface area contributed by atoms with Gasteiger partial charge in [-0.2, -0.15) is 5.10 Å². The topological polar surface area (TPSA) is 17.8 Å². The number of aryl methyl sites for hydroxylation is 2. The normalized spacial score (nSPS) is 15.3. The van der Waals surface area contributed by atoms with Gasteiger partial charge < -0.3 is 0 Å². The summed E-state index contributed by atoms with van der Waals surface area (Å²) in [5, 5.41) is 4.71. The SMILES string of the molecule is CCn1nc(C)cc1CC(C)CC(C)Cl. The molecule has 0 aliphatic rings. The van der Waals surface area contributed by atoms with Gasteiger partial charge in [-0.1, -0.05) is 6.92 Å². The standard InChI is InChI=1S/C12H21ClN2/c1-5-15-12(8-11(4)14-15)7-9(2)6-10(3)13/h8-10H,5-7H2,1-4H3. The van der Waals surface area contributed by atoms with Crippen molar-refractivity contribution in [3.8, 4) is 0 Å². The van der Waals surface area contributed by atoms with E-state index in [0.717, 1.165) is 25.1 Å². The van der Waals surface area contributed by atoms with Crippen molar-refractivity contribution in [2.75, 3.05) is 0 Å². The minimum atomic E-state index is 0.263. The van der Waals surface area contributed by atoms with E-state index in [1.807, 2.05) is 6.92 Å². The molecule has 0 radical (unpaired) electrons. The van der Waals surface area contributed by atoms with Crippen molar-refractivity contribution in [2.45, 2.75) is 52.5 Å². The summed E-state index contributed by atoms with van der Waals surface area (Å²) in [5.41, 5.74) is 2.44. The molecule has 3 heteroatoms. The first-order valence-electron chi connectivity index (χ1n) is 5.70. The van der Waals surface area contributed by atoms with E-state index in [1.54, 1.807) is 0 Å². The summed E-state index contributed by atoms with van der Waals surface area (Å²) in [6.45, 7) is 9.43. The molecule has 2 nitrogen and oxygen atoms in total. The smallest absolute Gasteiger partial charge is 0.0596 e. The molecule has 0 N–H and O–H groups in total. The Bertz CT molecular complexity index is 305. The van der Waals surface area contributed by atoms with Crippen molar-refractivity contribution >= 4 is 11.6 Å². The van der Waals surface area contributed by atoms with Gasteiger partial charge in [0.25, 0.3) is 0 Å². The second kappa shape index (κ2) is 5.55. The Balaban J connectivity index is 2.62. The summed E-state index contributed by atoms with van der Waals surface area (Å²) in [4.78, 5) is 0. The first-order valence-corrected chi connectivity index (χ1v) is 6.14. The maximum atomic E-state index is 6.00. The Labute approximate surface area is 97.6 Å². The molecule has 0 aliphatic heterocycles. The lowest BCUT2D eigenvalue weighted by Gasteiger charge is -2.13. The lowest BCUT2D eigenvalue weighted by atomic mass is 10.00. The Morgan fingerprint density at radius 2 is 2.13 bits per heavy atom. The van der Waals surface area contributed by atoms with E-state index in [1.165, 1.54) is 5.69 Å². The fourth-order valence-electron chi connectivity index (χ4n) is 2.03. The quantitative estimate of drug-likeness (QED) is 0.707. The Morgan fingerprint density at radius 1 is 1.47 bits per heavy atom. The molecule has 0 aliphatic carbocycles. The maximum Gasteiger partial charge on any atom is 0.0596 e. The summed E-state index contributed by atoms with van der Waals surface area (Å²) in [6, 6.07) is 2.18. The maximum absolute atomic E-state index is 6.00. The van der Waals surface area contributed by atoms with Gasteiger partial charge in [0.05, 0.1) is 5.69 Å². The number of hydrogen-bond acceptors (Lipinski definition) is 1. The highest BCUT2D eigenvalue weighted by Crippen LogP contribution is 2.17. The van der Waals surface area contributed by atoms with Crippen molar-refractivity contribution in [3.63, 3.8) is 0 Å². The molecule has 0 saturated carbocycles. The average molecular weight is 229 g/mol. The van der Waals surface area contributed by atoms with Crippen molar-refractivity contribution in [1.29, 1.82) is 0 Å². The fourth-order valence-corrected chi connectivity index (χ4v) is 2.34. The molecular formula is C12H21ClN2. The van der Waals surface area contributed by atoms with E-state index < -0.39 is 0 Å². The van der Waals surface area contributed by atoms with Crippen molar-refractivity contribution in [1.82, 2.24) is 9.78 Å². The number of hydrogen-bond donors (Lipinski definition) is 0. The fraction of sp³-hybridized carbons (Fsp3) is 0.750. The van der Waals surface area contributed by atoms with Crippen LogP contribution < -0.4 is 0 Å². The lowest BCUT2D eigenvalue weighted by molar-refractivity contribution is 0.495. The predicted octanol–water partition coefficient (Wildman–Crippen LogP) is 3.41. The first kappa shape index (κ1) is 12.6. The highest BCUT2D eigenvalue weighted by molar-refractivity contribution is 6.20. The molecule has 2 atom stereocenters. The van der Waals surface area contributed by atoms with Gasteiger partial charge in [0.15, 0.2) is 0 Å². The molecular weight excluding hydrogens is 208 g/mol. The second-order valence-corrected chi connectivity index (χ2v) is 5.16. The van der Waals surface area contributed by atoms with Crippen LogP contribution >= 0.6 is 11.6 Å². The van der Waals surface area contributed by atoms with E-state index in [2.05, 4.69) is 36.6 Å². The Kier molecular flexibility index (Phi) is 4.65. The second-order valence-electron chi connectivity index (χ2n) is 4.42. The van der Waals surface area contributed by atoms with Gasteiger partial charge in [-0.25, -0.2) is 0 Å². The van der Waals surface area contributed by atoms with Crippen LogP contribution in [0.5, 0.6) is 0 Å². The molecule has 2 unspecified atom stereocenters. The minimum absolute atomic E-state index is 0.263. The zero-order valence-electron chi connectivity index (χ0n) is 10.1. The van der Waals surface area contributed by atoms with Gasteiger partial charge in [-0.3, -0.25) is 4.68 Å². The van der Waals surface area contributed by atoms with E-state index in [-0.39, 0.29) is 5.38 Å². The van der Waals surface area contributed by atoms with Crippen LogP contribution in [0, 0.1) is 12.8 Å². The van der Waals surface area contributed by atoms with Crippen molar-refractivity contribution in [3.05, 3.63) is 17.5 Å². The van der Waals surface area contributed by atoms with Crippen LogP contribution in [-0.4, -0.2) is 15.2 Å². The summed E-state index contributed by atoms with van der Waals surface area (Å²) in [5.74, 6) is 0.624. The van der Waals surface area contributed by atoms with E-state index >= 15 is 0 Å². The van der Waals surface area contributed by atoms with Crippen LogP contribution in [0.1, 0.15) is 38.6 Å². The number of aromatic nitrogens is 2. The monoisotopic (exact) mass is 228 g/mol. The third kappa shape index (κ3) is 3.86. The zero-order chi connectivity index (χ0) is 11.4. The first-order chi connectivity index (χ1) is 7.02. The molecule has 0 bridgehead atoms. The third-order valence-corrected chi connectivity index (χ3v) is 2.75. The largest absolute Gasteiger partial charge is 0.270 e. The summed E-state index contributed by atoms with van der Waals surface area (Å²) in [6.07, 6.45) is 2.14. The number of nitrogens with zero attached hydrogens (tertiary/aromatic N) is 2.